The molecule has 0 radical (unpaired) electrons. The van der Waals surface area contributed by atoms with Gasteiger partial charge in [0, 0.05) is 18.2 Å². The Bertz CT molecular complexity index is 574. The highest BCUT2D eigenvalue weighted by atomic mass is 16.4. The minimum absolute atomic E-state index is 0.00415. The van der Waals surface area contributed by atoms with E-state index in [0.717, 1.165) is 0 Å². The van der Waals surface area contributed by atoms with Crippen molar-refractivity contribution in [3.63, 3.8) is 0 Å². The first-order valence-electron chi connectivity index (χ1n) is 6.18. The van der Waals surface area contributed by atoms with Crippen LogP contribution >= 0.6 is 0 Å². The monoisotopic (exact) mass is 259 g/mol. The molecule has 4 heteroatoms. The molecule has 2 aromatic rings. The van der Waals surface area contributed by atoms with Gasteiger partial charge in [0.1, 0.15) is 0 Å². The molecule has 4 nitrogen and oxygen atoms in total. The highest BCUT2D eigenvalue weighted by molar-refractivity contribution is 5.86. The van der Waals surface area contributed by atoms with Crippen LogP contribution in [0.25, 0.3) is 0 Å². The number of furan rings is 1. The molecule has 0 aliphatic heterocycles. The fraction of sp³-hybridized carbons (Fsp3) is 0.267. The smallest absolute Gasteiger partial charge is 0.372 e. The first-order chi connectivity index (χ1) is 9.09. The molecule has 1 aromatic carbocycles. The van der Waals surface area contributed by atoms with E-state index in [1.807, 2.05) is 12.1 Å². The second kappa shape index (κ2) is 5.71. The van der Waals surface area contributed by atoms with Crippen LogP contribution in [0, 0.1) is 6.92 Å². The number of carboxylic acids is 1. The highest BCUT2D eigenvalue weighted by Crippen LogP contribution is 2.18. The zero-order valence-corrected chi connectivity index (χ0v) is 11.0. The predicted octanol–water partition coefficient (Wildman–Crippen LogP) is 3.14. The average Bonchev–Trinajstić information content (AvgIpc) is 2.85. The quantitative estimate of drug-likeness (QED) is 0.866. The Hall–Kier alpha value is -2.07. The number of benzene rings is 1. The third-order valence-electron chi connectivity index (χ3n) is 3.19. The lowest BCUT2D eigenvalue weighted by molar-refractivity contribution is 0.0660. The number of aryl methyl sites for hydroxylation is 1. The number of carboxylic acid groups (broad SMARTS) is 1. The Morgan fingerprint density at radius 2 is 2.11 bits per heavy atom. The minimum atomic E-state index is -1.04. The summed E-state index contributed by atoms with van der Waals surface area (Å²) in [5, 5.41) is 12.3. The van der Waals surface area contributed by atoms with Gasteiger partial charge in [-0.2, -0.15) is 0 Å². The van der Waals surface area contributed by atoms with Gasteiger partial charge in [0.2, 0.25) is 5.76 Å². The summed E-state index contributed by atoms with van der Waals surface area (Å²) < 4.78 is 4.95. The number of nitrogens with one attached hydrogen (secondary N) is 1. The molecule has 1 atom stereocenters. The Morgan fingerprint density at radius 3 is 2.79 bits per heavy atom. The molecular formula is C15H17NO3. The number of aromatic carboxylic acids is 1. The molecule has 0 bridgehead atoms. The second-order valence-corrected chi connectivity index (χ2v) is 4.54. The number of rotatable bonds is 5. The Balaban J connectivity index is 2.05. The first kappa shape index (κ1) is 13.4. The largest absolute Gasteiger partial charge is 0.475 e. The van der Waals surface area contributed by atoms with Crippen LogP contribution in [-0.4, -0.2) is 11.1 Å². The van der Waals surface area contributed by atoms with E-state index in [-0.39, 0.29) is 11.8 Å². The summed E-state index contributed by atoms with van der Waals surface area (Å²) in [6.45, 7) is 4.59. The van der Waals surface area contributed by atoms with Crippen LogP contribution in [0.5, 0.6) is 0 Å². The van der Waals surface area contributed by atoms with Crippen LogP contribution in [-0.2, 0) is 6.54 Å². The molecule has 100 valence electrons. The maximum absolute atomic E-state index is 10.9. The van der Waals surface area contributed by atoms with Gasteiger partial charge in [-0.1, -0.05) is 24.3 Å². The molecular weight excluding hydrogens is 242 g/mol. The van der Waals surface area contributed by atoms with Gasteiger partial charge in [-0.25, -0.2) is 4.79 Å². The van der Waals surface area contributed by atoms with Crippen molar-refractivity contribution in [2.24, 2.45) is 0 Å². The van der Waals surface area contributed by atoms with Gasteiger partial charge in [0.15, 0.2) is 0 Å². The fourth-order valence-electron chi connectivity index (χ4n) is 2.11. The Labute approximate surface area is 112 Å². The van der Waals surface area contributed by atoms with Crippen LogP contribution in [0.3, 0.4) is 0 Å². The van der Waals surface area contributed by atoms with Crippen molar-refractivity contribution < 1.29 is 14.3 Å². The van der Waals surface area contributed by atoms with Crippen molar-refractivity contribution in [1.29, 1.82) is 0 Å². The summed E-state index contributed by atoms with van der Waals surface area (Å²) >= 11 is 0. The lowest BCUT2D eigenvalue weighted by Gasteiger charge is -2.16. The number of hydrogen-bond donors (Lipinski definition) is 2. The number of hydrogen-bond acceptors (Lipinski definition) is 3. The summed E-state index contributed by atoms with van der Waals surface area (Å²) in [5.74, 6) is -1.03. The molecule has 1 unspecified atom stereocenters. The summed E-state index contributed by atoms with van der Waals surface area (Å²) in [6.07, 6.45) is 1.40. The number of carbonyl (C=O) groups is 1. The topological polar surface area (TPSA) is 62.5 Å². The molecule has 19 heavy (non-hydrogen) atoms. The summed E-state index contributed by atoms with van der Waals surface area (Å²) in [7, 11) is 0. The zero-order valence-electron chi connectivity index (χ0n) is 11.0. The summed E-state index contributed by atoms with van der Waals surface area (Å²) in [6, 6.07) is 9.97. The molecule has 2 rings (SSSR count). The Kier molecular flexibility index (Phi) is 4.02. The van der Waals surface area contributed by atoms with Crippen LogP contribution < -0.4 is 5.32 Å². The lowest BCUT2D eigenvalue weighted by atomic mass is 10.0. The lowest BCUT2D eigenvalue weighted by Crippen LogP contribution is -2.19. The second-order valence-electron chi connectivity index (χ2n) is 4.54. The predicted molar refractivity (Wildman–Crippen MR) is 72.1 cm³/mol. The van der Waals surface area contributed by atoms with Crippen molar-refractivity contribution in [2.75, 3.05) is 0 Å². The van der Waals surface area contributed by atoms with Gasteiger partial charge in [-0.15, -0.1) is 0 Å². The van der Waals surface area contributed by atoms with Gasteiger partial charge >= 0.3 is 5.97 Å². The minimum Gasteiger partial charge on any atom is -0.475 e. The fourth-order valence-corrected chi connectivity index (χ4v) is 2.11. The summed E-state index contributed by atoms with van der Waals surface area (Å²) in [4.78, 5) is 10.9. The van der Waals surface area contributed by atoms with E-state index in [1.165, 1.54) is 17.4 Å². The molecule has 1 aromatic heterocycles. The molecule has 0 amide bonds. The van der Waals surface area contributed by atoms with Crippen molar-refractivity contribution in [3.8, 4) is 0 Å². The molecule has 2 N–H and O–H groups in total. The zero-order chi connectivity index (χ0) is 13.8. The van der Waals surface area contributed by atoms with Crippen molar-refractivity contribution in [2.45, 2.75) is 26.4 Å². The van der Waals surface area contributed by atoms with E-state index in [0.29, 0.717) is 12.1 Å². The molecule has 1 heterocycles. The van der Waals surface area contributed by atoms with Gasteiger partial charge in [0.05, 0.1) is 6.26 Å². The maximum atomic E-state index is 10.9. The van der Waals surface area contributed by atoms with Gasteiger partial charge in [-0.05, 0) is 31.0 Å². The van der Waals surface area contributed by atoms with E-state index in [1.54, 1.807) is 6.07 Å². The average molecular weight is 259 g/mol. The van der Waals surface area contributed by atoms with Gasteiger partial charge in [-0.3, -0.25) is 0 Å². The van der Waals surface area contributed by atoms with Crippen molar-refractivity contribution >= 4 is 5.97 Å². The van der Waals surface area contributed by atoms with E-state index < -0.39 is 5.97 Å². The third-order valence-corrected chi connectivity index (χ3v) is 3.19. The first-order valence-corrected chi connectivity index (χ1v) is 6.18. The molecule has 0 fully saturated rings. The highest BCUT2D eigenvalue weighted by Gasteiger charge is 2.15. The maximum Gasteiger partial charge on any atom is 0.372 e. The van der Waals surface area contributed by atoms with E-state index in [2.05, 4.69) is 31.3 Å². The molecule has 0 aliphatic rings. The molecule has 0 saturated heterocycles. The van der Waals surface area contributed by atoms with Crippen LogP contribution in [0.2, 0.25) is 0 Å². The van der Waals surface area contributed by atoms with E-state index in [4.69, 9.17) is 9.52 Å². The van der Waals surface area contributed by atoms with Crippen molar-refractivity contribution in [3.05, 3.63) is 59.0 Å². The Morgan fingerprint density at radius 1 is 1.37 bits per heavy atom. The molecule has 0 spiro atoms. The van der Waals surface area contributed by atoms with Crippen LogP contribution in [0.1, 0.15) is 40.2 Å². The molecule has 0 aliphatic carbocycles. The van der Waals surface area contributed by atoms with Gasteiger partial charge in [0.25, 0.3) is 0 Å². The normalized spacial score (nSPS) is 12.3. The molecule has 0 saturated carbocycles. The van der Waals surface area contributed by atoms with Crippen molar-refractivity contribution in [1.82, 2.24) is 5.32 Å². The SMILES string of the molecule is Cc1ccccc1C(C)NCc1ccoc1C(=O)O. The van der Waals surface area contributed by atoms with Gasteiger partial charge < -0.3 is 14.8 Å². The van der Waals surface area contributed by atoms with Crippen LogP contribution in [0.15, 0.2) is 41.0 Å². The standard InChI is InChI=1S/C15H17NO3/c1-10-5-3-4-6-13(10)11(2)16-9-12-7-8-19-14(12)15(17)18/h3-8,11,16H,9H2,1-2H3,(H,17,18). The summed E-state index contributed by atoms with van der Waals surface area (Å²) in [5.41, 5.74) is 3.09. The van der Waals surface area contributed by atoms with E-state index >= 15 is 0 Å². The van der Waals surface area contributed by atoms with E-state index in [9.17, 15) is 4.79 Å². The van der Waals surface area contributed by atoms with Crippen LogP contribution in [0.4, 0.5) is 0 Å². The third kappa shape index (κ3) is 3.03.